The SMILES string of the molecule is Cc1ccc(C(N)c2cccc3c2OCCO3)cn1. The first-order valence-corrected chi connectivity index (χ1v) is 6.32. The molecule has 1 unspecified atom stereocenters. The van der Waals surface area contributed by atoms with Crippen LogP contribution in [0.25, 0.3) is 0 Å². The number of pyridine rings is 1. The summed E-state index contributed by atoms with van der Waals surface area (Å²) in [7, 11) is 0. The van der Waals surface area contributed by atoms with E-state index in [1.165, 1.54) is 0 Å². The number of nitrogens with two attached hydrogens (primary N) is 1. The first-order chi connectivity index (χ1) is 9.25. The Morgan fingerprint density at radius 3 is 2.79 bits per heavy atom. The Hall–Kier alpha value is -2.07. The Morgan fingerprint density at radius 2 is 2.00 bits per heavy atom. The lowest BCUT2D eigenvalue weighted by Crippen LogP contribution is -2.20. The molecule has 1 aliphatic rings. The van der Waals surface area contributed by atoms with Crippen molar-refractivity contribution < 1.29 is 9.47 Å². The third kappa shape index (κ3) is 2.27. The summed E-state index contributed by atoms with van der Waals surface area (Å²) < 4.78 is 11.3. The molecule has 0 saturated carbocycles. The molecular weight excluding hydrogens is 240 g/mol. The molecule has 2 heterocycles. The fraction of sp³-hybridized carbons (Fsp3) is 0.267. The van der Waals surface area contributed by atoms with Crippen LogP contribution in [-0.4, -0.2) is 18.2 Å². The minimum Gasteiger partial charge on any atom is -0.486 e. The fourth-order valence-electron chi connectivity index (χ4n) is 2.18. The quantitative estimate of drug-likeness (QED) is 0.895. The van der Waals surface area contributed by atoms with Crippen molar-refractivity contribution >= 4 is 0 Å². The van der Waals surface area contributed by atoms with Crippen molar-refractivity contribution in [2.75, 3.05) is 13.2 Å². The van der Waals surface area contributed by atoms with Gasteiger partial charge in [0.2, 0.25) is 0 Å². The van der Waals surface area contributed by atoms with Crippen LogP contribution < -0.4 is 15.2 Å². The van der Waals surface area contributed by atoms with Crippen LogP contribution in [0.1, 0.15) is 22.9 Å². The van der Waals surface area contributed by atoms with Gasteiger partial charge in [-0.15, -0.1) is 0 Å². The van der Waals surface area contributed by atoms with E-state index in [9.17, 15) is 0 Å². The second-order valence-corrected chi connectivity index (χ2v) is 4.58. The normalized spacial score (nSPS) is 15.1. The van der Waals surface area contributed by atoms with Crippen LogP contribution in [0.15, 0.2) is 36.5 Å². The maximum Gasteiger partial charge on any atom is 0.166 e. The number of nitrogens with zero attached hydrogens (tertiary/aromatic N) is 1. The highest BCUT2D eigenvalue weighted by atomic mass is 16.6. The van der Waals surface area contributed by atoms with E-state index in [0.29, 0.717) is 13.2 Å². The number of aromatic nitrogens is 1. The number of ether oxygens (including phenoxy) is 2. The lowest BCUT2D eigenvalue weighted by atomic mass is 9.99. The first kappa shape index (κ1) is 12.0. The standard InChI is InChI=1S/C15H16N2O2/c1-10-5-6-11(9-17-10)14(16)12-3-2-4-13-15(12)19-8-7-18-13/h2-6,9,14H,7-8,16H2,1H3. The van der Waals surface area contributed by atoms with Crippen molar-refractivity contribution in [3.8, 4) is 11.5 Å². The molecular formula is C15H16N2O2. The number of hydrogen-bond acceptors (Lipinski definition) is 4. The van der Waals surface area contributed by atoms with E-state index in [1.807, 2.05) is 43.5 Å². The van der Waals surface area contributed by atoms with E-state index in [4.69, 9.17) is 15.2 Å². The third-order valence-corrected chi connectivity index (χ3v) is 3.23. The zero-order chi connectivity index (χ0) is 13.2. The average molecular weight is 256 g/mol. The highest BCUT2D eigenvalue weighted by Gasteiger charge is 2.20. The van der Waals surface area contributed by atoms with Crippen molar-refractivity contribution in [1.29, 1.82) is 0 Å². The number of hydrogen-bond donors (Lipinski definition) is 1. The van der Waals surface area contributed by atoms with Gasteiger partial charge in [0.05, 0.1) is 6.04 Å². The van der Waals surface area contributed by atoms with E-state index >= 15 is 0 Å². The van der Waals surface area contributed by atoms with Crippen molar-refractivity contribution in [3.05, 3.63) is 53.3 Å². The molecule has 1 aromatic heterocycles. The Balaban J connectivity index is 1.99. The maximum atomic E-state index is 6.31. The largest absolute Gasteiger partial charge is 0.486 e. The summed E-state index contributed by atoms with van der Waals surface area (Å²) in [6.07, 6.45) is 1.81. The summed E-state index contributed by atoms with van der Waals surface area (Å²) in [6.45, 7) is 3.09. The Bertz CT molecular complexity index is 581. The van der Waals surface area contributed by atoms with Crippen LogP contribution in [0.3, 0.4) is 0 Å². The second kappa shape index (κ2) is 4.90. The summed E-state index contributed by atoms with van der Waals surface area (Å²) in [5.41, 5.74) is 9.19. The van der Waals surface area contributed by atoms with Crippen LogP contribution in [0.4, 0.5) is 0 Å². The molecule has 19 heavy (non-hydrogen) atoms. The third-order valence-electron chi connectivity index (χ3n) is 3.23. The van der Waals surface area contributed by atoms with Crippen molar-refractivity contribution in [1.82, 2.24) is 4.98 Å². The summed E-state index contributed by atoms with van der Waals surface area (Å²) in [5, 5.41) is 0. The fourth-order valence-corrected chi connectivity index (χ4v) is 2.18. The Labute approximate surface area is 112 Å². The van der Waals surface area contributed by atoms with E-state index in [1.54, 1.807) is 0 Å². The van der Waals surface area contributed by atoms with Gasteiger partial charge >= 0.3 is 0 Å². The summed E-state index contributed by atoms with van der Waals surface area (Å²) in [6, 6.07) is 9.50. The van der Waals surface area contributed by atoms with Crippen molar-refractivity contribution in [2.45, 2.75) is 13.0 Å². The Kier molecular flexibility index (Phi) is 3.09. The minimum absolute atomic E-state index is 0.259. The van der Waals surface area contributed by atoms with E-state index in [0.717, 1.165) is 28.3 Å². The highest BCUT2D eigenvalue weighted by Crippen LogP contribution is 2.37. The van der Waals surface area contributed by atoms with Gasteiger partial charge in [0.25, 0.3) is 0 Å². The molecule has 2 N–H and O–H groups in total. The second-order valence-electron chi connectivity index (χ2n) is 4.58. The van der Waals surface area contributed by atoms with Gasteiger partial charge in [0.1, 0.15) is 13.2 Å². The highest BCUT2D eigenvalue weighted by molar-refractivity contribution is 5.51. The molecule has 0 spiro atoms. The van der Waals surface area contributed by atoms with Gasteiger partial charge in [-0.1, -0.05) is 18.2 Å². The first-order valence-electron chi connectivity index (χ1n) is 6.32. The lowest BCUT2D eigenvalue weighted by Gasteiger charge is -2.23. The average Bonchev–Trinajstić information content (AvgIpc) is 2.47. The Morgan fingerprint density at radius 1 is 1.16 bits per heavy atom. The summed E-state index contributed by atoms with van der Waals surface area (Å²) in [4.78, 5) is 4.29. The number of rotatable bonds is 2. The topological polar surface area (TPSA) is 57.4 Å². The monoisotopic (exact) mass is 256 g/mol. The van der Waals surface area contributed by atoms with Crippen molar-refractivity contribution in [2.24, 2.45) is 5.73 Å². The predicted octanol–water partition coefficient (Wildman–Crippen LogP) is 2.21. The molecule has 0 fully saturated rings. The van der Waals surface area contributed by atoms with Gasteiger partial charge in [-0.25, -0.2) is 0 Å². The molecule has 4 nitrogen and oxygen atoms in total. The maximum absolute atomic E-state index is 6.31. The van der Waals surface area contributed by atoms with Gasteiger partial charge in [0, 0.05) is 17.5 Å². The van der Waals surface area contributed by atoms with Crippen LogP contribution in [0.5, 0.6) is 11.5 Å². The lowest BCUT2D eigenvalue weighted by molar-refractivity contribution is 0.169. The van der Waals surface area contributed by atoms with Crippen LogP contribution in [0.2, 0.25) is 0 Å². The zero-order valence-electron chi connectivity index (χ0n) is 10.8. The van der Waals surface area contributed by atoms with Gasteiger partial charge < -0.3 is 15.2 Å². The molecule has 2 aromatic rings. The molecule has 0 radical (unpaired) electrons. The molecule has 98 valence electrons. The molecule has 0 saturated heterocycles. The molecule has 0 bridgehead atoms. The molecule has 1 atom stereocenters. The molecule has 1 aliphatic heterocycles. The molecule has 1 aromatic carbocycles. The zero-order valence-corrected chi connectivity index (χ0v) is 10.8. The van der Waals surface area contributed by atoms with Gasteiger partial charge in [-0.2, -0.15) is 0 Å². The van der Waals surface area contributed by atoms with E-state index in [2.05, 4.69) is 4.98 Å². The van der Waals surface area contributed by atoms with Crippen LogP contribution in [-0.2, 0) is 0 Å². The predicted molar refractivity (Wildman–Crippen MR) is 72.4 cm³/mol. The van der Waals surface area contributed by atoms with Gasteiger partial charge in [-0.05, 0) is 24.6 Å². The van der Waals surface area contributed by atoms with Crippen LogP contribution in [0, 0.1) is 6.92 Å². The van der Waals surface area contributed by atoms with E-state index in [-0.39, 0.29) is 6.04 Å². The number of benzene rings is 1. The van der Waals surface area contributed by atoms with Gasteiger partial charge in [-0.3, -0.25) is 4.98 Å². The van der Waals surface area contributed by atoms with Crippen LogP contribution >= 0.6 is 0 Å². The molecule has 3 rings (SSSR count). The number of fused-ring (bicyclic) bond motifs is 1. The van der Waals surface area contributed by atoms with E-state index < -0.39 is 0 Å². The summed E-state index contributed by atoms with van der Waals surface area (Å²) >= 11 is 0. The van der Waals surface area contributed by atoms with Gasteiger partial charge in [0.15, 0.2) is 11.5 Å². The number of para-hydroxylation sites is 1. The molecule has 0 aliphatic carbocycles. The molecule has 4 heteroatoms. The molecule has 0 amide bonds. The smallest absolute Gasteiger partial charge is 0.166 e. The number of aryl methyl sites for hydroxylation is 1. The summed E-state index contributed by atoms with van der Waals surface area (Å²) in [5.74, 6) is 1.51. The van der Waals surface area contributed by atoms with Crippen molar-refractivity contribution in [3.63, 3.8) is 0 Å². The minimum atomic E-state index is -0.259.